The second-order valence-corrected chi connectivity index (χ2v) is 7.82. The molecule has 0 spiro atoms. The molecule has 1 heterocycles. The number of benzene rings is 2. The van der Waals surface area contributed by atoms with Gasteiger partial charge in [-0.25, -0.2) is 0 Å². The zero-order valence-electron chi connectivity index (χ0n) is 17.1. The van der Waals surface area contributed by atoms with Crippen molar-refractivity contribution < 1.29 is 9.59 Å². The fourth-order valence-electron chi connectivity index (χ4n) is 3.62. The summed E-state index contributed by atoms with van der Waals surface area (Å²) < 4.78 is 0. The number of rotatable bonds is 5. The van der Waals surface area contributed by atoms with Crippen LogP contribution in [0.4, 0.5) is 5.69 Å². The van der Waals surface area contributed by atoms with Gasteiger partial charge in [-0.15, -0.1) is 0 Å². The second kappa shape index (κ2) is 8.46. The number of carbonyl (C=O) groups excluding carboxylic acids is 2. The van der Waals surface area contributed by atoms with Crippen LogP contribution >= 0.6 is 0 Å². The van der Waals surface area contributed by atoms with Crippen molar-refractivity contribution in [3.63, 3.8) is 0 Å². The molecule has 2 aromatic rings. The van der Waals surface area contributed by atoms with Crippen LogP contribution in [-0.4, -0.2) is 37.4 Å². The molecule has 0 unspecified atom stereocenters. The monoisotopic (exact) mass is 379 g/mol. The van der Waals surface area contributed by atoms with Crippen LogP contribution in [0, 0.1) is 5.92 Å². The SMILES string of the molecule is CC(C)C(=O)N1CCc2ccccc2[C@@H]1C(=O)NCc1ccc(N(C)C)cc1. The summed E-state index contributed by atoms with van der Waals surface area (Å²) in [5.41, 5.74) is 4.23. The number of nitrogens with one attached hydrogen (secondary N) is 1. The average molecular weight is 380 g/mol. The largest absolute Gasteiger partial charge is 0.378 e. The lowest BCUT2D eigenvalue weighted by Crippen LogP contribution is -2.48. The molecule has 0 aromatic heterocycles. The maximum absolute atomic E-state index is 13.1. The third kappa shape index (κ3) is 4.19. The number of fused-ring (bicyclic) bond motifs is 1. The molecular weight excluding hydrogens is 350 g/mol. The van der Waals surface area contributed by atoms with Gasteiger partial charge in [0.1, 0.15) is 6.04 Å². The lowest BCUT2D eigenvalue weighted by Gasteiger charge is -2.37. The third-order valence-electron chi connectivity index (χ3n) is 5.23. The summed E-state index contributed by atoms with van der Waals surface area (Å²) in [7, 11) is 4.00. The first kappa shape index (κ1) is 19.9. The molecule has 0 bridgehead atoms. The average Bonchev–Trinajstić information content (AvgIpc) is 2.70. The summed E-state index contributed by atoms with van der Waals surface area (Å²) in [5.74, 6) is -0.248. The Balaban J connectivity index is 1.79. The number of hydrogen-bond acceptors (Lipinski definition) is 3. The topological polar surface area (TPSA) is 52.7 Å². The predicted molar refractivity (Wildman–Crippen MR) is 112 cm³/mol. The molecule has 5 nitrogen and oxygen atoms in total. The van der Waals surface area contributed by atoms with E-state index in [1.165, 1.54) is 0 Å². The van der Waals surface area contributed by atoms with Crippen LogP contribution in [0.15, 0.2) is 48.5 Å². The number of carbonyl (C=O) groups is 2. The number of nitrogens with zero attached hydrogens (tertiary/aromatic N) is 2. The summed E-state index contributed by atoms with van der Waals surface area (Å²) >= 11 is 0. The Morgan fingerprint density at radius 3 is 2.43 bits per heavy atom. The van der Waals surface area contributed by atoms with Crippen LogP contribution in [0.2, 0.25) is 0 Å². The maximum Gasteiger partial charge on any atom is 0.247 e. The van der Waals surface area contributed by atoms with E-state index in [-0.39, 0.29) is 17.7 Å². The number of hydrogen-bond donors (Lipinski definition) is 1. The van der Waals surface area contributed by atoms with Crippen LogP contribution in [0.1, 0.15) is 36.6 Å². The zero-order chi connectivity index (χ0) is 20.3. The van der Waals surface area contributed by atoms with Crippen molar-refractivity contribution in [2.75, 3.05) is 25.5 Å². The van der Waals surface area contributed by atoms with E-state index in [0.29, 0.717) is 13.1 Å². The van der Waals surface area contributed by atoms with Crippen LogP contribution in [0.3, 0.4) is 0 Å². The fourth-order valence-corrected chi connectivity index (χ4v) is 3.62. The first-order chi connectivity index (χ1) is 13.4. The molecule has 1 aliphatic rings. The summed E-state index contributed by atoms with van der Waals surface area (Å²) in [6, 6.07) is 15.5. The van der Waals surface area contributed by atoms with Gasteiger partial charge < -0.3 is 15.1 Å². The van der Waals surface area contributed by atoms with Crippen molar-refractivity contribution in [1.29, 1.82) is 0 Å². The zero-order valence-corrected chi connectivity index (χ0v) is 17.1. The molecule has 5 heteroatoms. The Kier molecular flexibility index (Phi) is 6.02. The predicted octanol–water partition coefficient (Wildman–Crippen LogP) is 3.15. The first-order valence-corrected chi connectivity index (χ1v) is 9.80. The molecule has 0 aliphatic carbocycles. The minimum absolute atomic E-state index is 0.0185. The van der Waals surface area contributed by atoms with Gasteiger partial charge in [0, 0.05) is 38.8 Å². The molecule has 0 radical (unpaired) electrons. The molecule has 3 rings (SSSR count). The summed E-state index contributed by atoms with van der Waals surface area (Å²) in [4.78, 5) is 29.6. The van der Waals surface area contributed by atoms with E-state index in [0.717, 1.165) is 28.8 Å². The molecule has 1 N–H and O–H groups in total. The van der Waals surface area contributed by atoms with Gasteiger partial charge in [0.15, 0.2) is 0 Å². The Labute approximate surface area is 167 Å². The molecule has 0 fully saturated rings. The van der Waals surface area contributed by atoms with Gasteiger partial charge >= 0.3 is 0 Å². The highest BCUT2D eigenvalue weighted by Crippen LogP contribution is 2.31. The van der Waals surface area contributed by atoms with Gasteiger partial charge in [0.25, 0.3) is 0 Å². The van der Waals surface area contributed by atoms with Crippen LogP contribution in [-0.2, 0) is 22.6 Å². The minimum Gasteiger partial charge on any atom is -0.378 e. The van der Waals surface area contributed by atoms with Crippen molar-refractivity contribution in [2.45, 2.75) is 32.9 Å². The highest BCUT2D eigenvalue weighted by atomic mass is 16.2. The minimum atomic E-state index is -0.569. The summed E-state index contributed by atoms with van der Waals surface area (Å²) in [5, 5.41) is 3.04. The van der Waals surface area contributed by atoms with Crippen LogP contribution in [0.5, 0.6) is 0 Å². The van der Waals surface area contributed by atoms with Gasteiger partial charge in [0.05, 0.1) is 0 Å². The smallest absolute Gasteiger partial charge is 0.247 e. The highest BCUT2D eigenvalue weighted by Gasteiger charge is 2.36. The van der Waals surface area contributed by atoms with E-state index in [1.54, 1.807) is 4.90 Å². The summed E-state index contributed by atoms with van der Waals surface area (Å²) in [6.07, 6.45) is 0.782. The van der Waals surface area contributed by atoms with Gasteiger partial charge in [-0.05, 0) is 35.2 Å². The Morgan fingerprint density at radius 1 is 1.11 bits per heavy atom. The van der Waals surface area contributed by atoms with Crippen LogP contribution < -0.4 is 10.2 Å². The fraction of sp³-hybridized carbons (Fsp3) is 0.391. The lowest BCUT2D eigenvalue weighted by molar-refractivity contribution is -0.143. The Bertz CT molecular complexity index is 843. The quantitative estimate of drug-likeness (QED) is 0.868. The molecule has 148 valence electrons. The molecule has 2 amide bonds. The normalized spacial score (nSPS) is 15.9. The van der Waals surface area contributed by atoms with Crippen molar-refractivity contribution in [1.82, 2.24) is 10.2 Å². The van der Waals surface area contributed by atoms with Crippen LogP contribution in [0.25, 0.3) is 0 Å². The van der Waals surface area contributed by atoms with E-state index in [4.69, 9.17) is 0 Å². The molecule has 0 saturated carbocycles. The third-order valence-corrected chi connectivity index (χ3v) is 5.23. The standard InChI is InChI=1S/C23H29N3O2/c1-16(2)23(28)26-14-13-18-7-5-6-8-20(18)21(26)22(27)24-15-17-9-11-19(12-10-17)25(3)4/h5-12,16,21H,13-15H2,1-4H3,(H,24,27)/t21-/m1/s1. The van der Waals surface area contributed by atoms with Gasteiger partial charge in [-0.1, -0.05) is 50.2 Å². The van der Waals surface area contributed by atoms with E-state index in [1.807, 2.05) is 81.4 Å². The molecule has 2 aromatic carbocycles. The van der Waals surface area contributed by atoms with E-state index in [9.17, 15) is 9.59 Å². The second-order valence-electron chi connectivity index (χ2n) is 7.82. The molecule has 1 aliphatic heterocycles. The maximum atomic E-state index is 13.1. The highest BCUT2D eigenvalue weighted by molar-refractivity contribution is 5.90. The van der Waals surface area contributed by atoms with E-state index < -0.39 is 6.04 Å². The number of amides is 2. The van der Waals surface area contributed by atoms with Gasteiger partial charge in [-0.2, -0.15) is 0 Å². The van der Waals surface area contributed by atoms with Crippen molar-refractivity contribution in [3.05, 3.63) is 65.2 Å². The molecule has 0 saturated heterocycles. The van der Waals surface area contributed by atoms with Crippen molar-refractivity contribution in [3.8, 4) is 0 Å². The molecule has 28 heavy (non-hydrogen) atoms. The summed E-state index contributed by atoms with van der Waals surface area (Å²) in [6.45, 7) is 4.77. The van der Waals surface area contributed by atoms with Gasteiger partial charge in [0.2, 0.25) is 11.8 Å². The first-order valence-electron chi connectivity index (χ1n) is 9.80. The Morgan fingerprint density at radius 2 is 1.79 bits per heavy atom. The van der Waals surface area contributed by atoms with E-state index >= 15 is 0 Å². The number of anilines is 1. The van der Waals surface area contributed by atoms with Crippen molar-refractivity contribution >= 4 is 17.5 Å². The molecular formula is C23H29N3O2. The van der Waals surface area contributed by atoms with Crippen molar-refractivity contribution in [2.24, 2.45) is 5.92 Å². The van der Waals surface area contributed by atoms with Gasteiger partial charge in [-0.3, -0.25) is 9.59 Å². The van der Waals surface area contributed by atoms with E-state index in [2.05, 4.69) is 5.32 Å². The lowest BCUT2D eigenvalue weighted by atomic mass is 9.91. The molecule has 1 atom stereocenters. The Hall–Kier alpha value is -2.82.